The molecule has 0 atom stereocenters. The van der Waals surface area contributed by atoms with Gasteiger partial charge in [-0.05, 0) is 12.1 Å². The minimum Gasteiger partial charge on any atom is -0.418 e. The second-order valence-electron chi connectivity index (χ2n) is 2.62. The van der Waals surface area contributed by atoms with Crippen LogP contribution in [-0.2, 0) is 10.9 Å². The van der Waals surface area contributed by atoms with Crippen molar-refractivity contribution in [1.29, 1.82) is 0 Å². The van der Waals surface area contributed by atoms with Crippen LogP contribution in [0.5, 0.6) is 0 Å². The van der Waals surface area contributed by atoms with Gasteiger partial charge in [0.1, 0.15) is 12.5 Å². The summed E-state index contributed by atoms with van der Waals surface area (Å²) in [6.07, 6.45) is 4.46. The fourth-order valence-electron chi connectivity index (χ4n) is 0.693. The van der Waals surface area contributed by atoms with Crippen LogP contribution in [0.25, 0.3) is 0 Å². The van der Waals surface area contributed by atoms with Crippen molar-refractivity contribution in [2.24, 2.45) is 0 Å². The Morgan fingerprint density at radius 1 is 0.929 bits per heavy atom. The van der Waals surface area contributed by atoms with Crippen molar-refractivity contribution in [3.8, 4) is 0 Å². The van der Waals surface area contributed by atoms with Crippen molar-refractivity contribution in [3.63, 3.8) is 0 Å². The number of hydrogen-bond acceptors (Lipinski definition) is 0. The quantitative estimate of drug-likeness (QED) is 0.391. The number of hydrogen-bond donors (Lipinski definition) is 0. The third-order valence-electron chi connectivity index (χ3n) is 1.21. The Kier molecular flexibility index (Phi) is 5.68. The molecule has 14 heavy (non-hydrogen) atoms. The topological polar surface area (TPSA) is 0 Å². The van der Waals surface area contributed by atoms with E-state index in [0.717, 1.165) is 0 Å². The van der Waals surface area contributed by atoms with Crippen LogP contribution >= 0.6 is 0 Å². The summed E-state index contributed by atoms with van der Waals surface area (Å²) in [5, 5.41) is 0. The standard InChI is InChI=1S/C8H11S.BF4/c1-9(2)8-6-4-3-5-7-8;2-1(3,4)5/h3-7H,1-2H3;/q+1;-1. The zero-order chi connectivity index (χ0) is 11.2. The molecule has 0 aliphatic rings. The van der Waals surface area contributed by atoms with E-state index in [1.54, 1.807) is 0 Å². The van der Waals surface area contributed by atoms with Gasteiger partial charge in [-0.3, -0.25) is 0 Å². The molecule has 0 fully saturated rings. The highest BCUT2D eigenvalue weighted by molar-refractivity contribution is 7.95. The molecular formula is C8H11BF4S. The second kappa shape index (κ2) is 5.96. The smallest absolute Gasteiger partial charge is 0.418 e. The van der Waals surface area contributed by atoms with Crippen LogP contribution in [0.4, 0.5) is 17.3 Å². The maximum absolute atomic E-state index is 9.75. The van der Waals surface area contributed by atoms with E-state index in [9.17, 15) is 17.3 Å². The molecule has 0 radical (unpaired) electrons. The molecule has 0 aromatic heterocycles. The fraction of sp³-hybridized carbons (Fsp3) is 0.250. The van der Waals surface area contributed by atoms with Crippen molar-refractivity contribution < 1.29 is 17.3 Å². The molecule has 6 heteroatoms. The van der Waals surface area contributed by atoms with Gasteiger partial charge in [0, 0.05) is 10.9 Å². The Balaban J connectivity index is 0.000000292. The fourth-order valence-corrected chi connectivity index (χ4v) is 1.39. The molecule has 0 bridgehead atoms. The lowest BCUT2D eigenvalue weighted by Gasteiger charge is -1.94. The Bertz CT molecular complexity index is 241. The van der Waals surface area contributed by atoms with Gasteiger partial charge in [-0.15, -0.1) is 0 Å². The molecule has 0 heterocycles. The van der Waals surface area contributed by atoms with E-state index in [2.05, 4.69) is 42.8 Å². The van der Waals surface area contributed by atoms with Gasteiger partial charge in [-0.1, -0.05) is 18.2 Å². The Hall–Kier alpha value is -0.645. The molecule has 0 spiro atoms. The molecule has 1 aromatic carbocycles. The highest BCUT2D eigenvalue weighted by Crippen LogP contribution is 2.06. The van der Waals surface area contributed by atoms with Gasteiger partial charge in [-0.25, -0.2) is 0 Å². The predicted octanol–water partition coefficient (Wildman–Crippen LogP) is 3.22. The Morgan fingerprint density at radius 2 is 1.29 bits per heavy atom. The van der Waals surface area contributed by atoms with Crippen molar-refractivity contribution >= 4 is 18.1 Å². The lowest BCUT2D eigenvalue weighted by atomic mass is 10.3. The molecule has 0 amide bonds. The van der Waals surface area contributed by atoms with Gasteiger partial charge in [0.15, 0.2) is 4.90 Å². The summed E-state index contributed by atoms with van der Waals surface area (Å²) in [5.41, 5.74) is 0. The molecule has 0 aliphatic carbocycles. The molecule has 0 unspecified atom stereocenters. The van der Waals surface area contributed by atoms with E-state index in [1.807, 2.05) is 0 Å². The van der Waals surface area contributed by atoms with Crippen LogP contribution in [-0.4, -0.2) is 19.8 Å². The van der Waals surface area contributed by atoms with Crippen molar-refractivity contribution in [1.82, 2.24) is 0 Å². The third-order valence-corrected chi connectivity index (χ3v) is 2.43. The maximum atomic E-state index is 9.75. The van der Waals surface area contributed by atoms with E-state index in [1.165, 1.54) is 4.90 Å². The predicted molar refractivity (Wildman–Crippen MR) is 54.1 cm³/mol. The number of benzene rings is 1. The summed E-state index contributed by atoms with van der Waals surface area (Å²) in [4.78, 5) is 1.44. The SMILES string of the molecule is C[S+](C)c1ccccc1.F[B-](F)(F)F. The van der Waals surface area contributed by atoms with Crippen molar-refractivity contribution in [2.75, 3.05) is 12.5 Å². The van der Waals surface area contributed by atoms with Gasteiger partial charge in [0.25, 0.3) is 0 Å². The summed E-state index contributed by atoms with van der Waals surface area (Å²) in [6.45, 7) is 0. The van der Waals surface area contributed by atoms with E-state index >= 15 is 0 Å². The Labute approximate surface area is 83.8 Å². The highest BCUT2D eigenvalue weighted by atomic mass is 32.2. The first-order valence-corrected chi connectivity index (χ1v) is 5.85. The first-order valence-electron chi connectivity index (χ1n) is 3.80. The van der Waals surface area contributed by atoms with Gasteiger partial charge < -0.3 is 17.3 Å². The van der Waals surface area contributed by atoms with Crippen LogP contribution in [0, 0.1) is 0 Å². The lowest BCUT2D eigenvalue weighted by molar-refractivity contribution is 0.368. The Morgan fingerprint density at radius 3 is 1.50 bits per heavy atom. The van der Waals surface area contributed by atoms with Gasteiger partial charge >= 0.3 is 7.25 Å². The molecule has 0 saturated heterocycles. The molecule has 0 aliphatic heterocycles. The van der Waals surface area contributed by atoms with Crippen molar-refractivity contribution in [2.45, 2.75) is 4.90 Å². The molecule has 0 nitrogen and oxygen atoms in total. The van der Waals surface area contributed by atoms with Crippen LogP contribution in [0.2, 0.25) is 0 Å². The zero-order valence-electron chi connectivity index (χ0n) is 7.88. The lowest BCUT2D eigenvalue weighted by Crippen LogP contribution is -2.02. The normalized spacial score (nSPS) is 10.8. The number of halogens is 4. The zero-order valence-corrected chi connectivity index (χ0v) is 8.70. The van der Waals surface area contributed by atoms with Gasteiger partial charge in [0.05, 0.1) is 0 Å². The van der Waals surface area contributed by atoms with E-state index in [-0.39, 0.29) is 0 Å². The van der Waals surface area contributed by atoms with Crippen LogP contribution in [0.3, 0.4) is 0 Å². The molecule has 0 N–H and O–H groups in total. The third kappa shape index (κ3) is 9.44. The van der Waals surface area contributed by atoms with Crippen LogP contribution in [0.1, 0.15) is 0 Å². The van der Waals surface area contributed by atoms with Gasteiger partial charge in [0.2, 0.25) is 0 Å². The molecule has 1 rings (SSSR count). The number of rotatable bonds is 1. The van der Waals surface area contributed by atoms with E-state index in [4.69, 9.17) is 0 Å². The molecule has 0 saturated carbocycles. The van der Waals surface area contributed by atoms with Gasteiger partial charge in [-0.2, -0.15) is 0 Å². The summed E-state index contributed by atoms with van der Waals surface area (Å²) >= 11 is 0. The van der Waals surface area contributed by atoms with Crippen LogP contribution in [0.15, 0.2) is 35.2 Å². The summed E-state index contributed by atoms with van der Waals surface area (Å²) in [7, 11) is -5.58. The summed E-state index contributed by atoms with van der Waals surface area (Å²) < 4.78 is 39.0. The van der Waals surface area contributed by atoms with E-state index in [0.29, 0.717) is 10.9 Å². The first-order chi connectivity index (χ1) is 6.30. The summed E-state index contributed by atoms with van der Waals surface area (Å²) in [6, 6.07) is 10.6. The minimum atomic E-state index is -6.00. The molecule has 1 aromatic rings. The minimum absolute atomic E-state index is 0.421. The second-order valence-corrected chi connectivity index (χ2v) is 4.73. The van der Waals surface area contributed by atoms with E-state index < -0.39 is 7.25 Å². The monoisotopic (exact) mass is 226 g/mol. The van der Waals surface area contributed by atoms with Crippen LogP contribution < -0.4 is 0 Å². The first kappa shape index (κ1) is 13.4. The highest BCUT2D eigenvalue weighted by Gasteiger charge is 2.20. The molecule has 80 valence electrons. The largest absolute Gasteiger partial charge is 0.673 e. The average Bonchev–Trinajstić information content (AvgIpc) is 2.03. The maximum Gasteiger partial charge on any atom is 0.673 e. The summed E-state index contributed by atoms with van der Waals surface area (Å²) in [5.74, 6) is 0. The molecular weight excluding hydrogens is 215 g/mol. The van der Waals surface area contributed by atoms with Crippen molar-refractivity contribution in [3.05, 3.63) is 30.3 Å². The average molecular weight is 226 g/mol.